The summed E-state index contributed by atoms with van der Waals surface area (Å²) in [6.07, 6.45) is 3.90. The second kappa shape index (κ2) is 10.1. The minimum atomic E-state index is 0. The molecule has 0 unspecified atom stereocenters. The van der Waals surface area contributed by atoms with Gasteiger partial charge in [-0.2, -0.15) is 0 Å². The van der Waals surface area contributed by atoms with Crippen molar-refractivity contribution in [1.82, 2.24) is 9.80 Å². The molecule has 2 aliphatic heterocycles. The van der Waals surface area contributed by atoms with E-state index in [2.05, 4.69) is 34.5 Å². The zero-order valence-electron chi connectivity index (χ0n) is 17.6. The Balaban J connectivity index is 0.00000256. The van der Waals surface area contributed by atoms with Gasteiger partial charge in [0, 0.05) is 30.4 Å². The van der Waals surface area contributed by atoms with Crippen molar-refractivity contribution in [3.63, 3.8) is 0 Å². The number of rotatable bonds is 7. The molecule has 0 radical (unpaired) electrons. The van der Waals surface area contributed by atoms with Crippen molar-refractivity contribution in [3.8, 4) is 5.75 Å². The molecule has 1 aromatic carbocycles. The number of ether oxygens (including phenoxy) is 1. The van der Waals surface area contributed by atoms with Gasteiger partial charge in [-0.3, -0.25) is 4.79 Å². The average molecular weight is 450 g/mol. The van der Waals surface area contributed by atoms with Crippen LogP contribution in [-0.2, 0) is 11.3 Å². The maximum Gasteiger partial charge on any atom is 0.223 e. The summed E-state index contributed by atoms with van der Waals surface area (Å²) in [6, 6.07) is 12.4. The predicted octanol–water partition coefficient (Wildman–Crippen LogP) is 4.08. The Kier molecular flexibility index (Phi) is 7.80. The molecule has 0 saturated carbocycles. The molecule has 4 rings (SSSR count). The van der Waals surface area contributed by atoms with E-state index in [0.717, 1.165) is 56.8 Å². The van der Waals surface area contributed by atoms with Crippen molar-refractivity contribution < 1.29 is 9.53 Å². The van der Waals surface area contributed by atoms with Crippen LogP contribution in [0.15, 0.2) is 41.8 Å². The van der Waals surface area contributed by atoms with E-state index < -0.39 is 0 Å². The highest BCUT2D eigenvalue weighted by molar-refractivity contribution is 7.10. The summed E-state index contributed by atoms with van der Waals surface area (Å²) in [5.41, 5.74) is 7.65. The van der Waals surface area contributed by atoms with Gasteiger partial charge in [0.1, 0.15) is 5.75 Å². The molecule has 2 saturated heterocycles. The molecule has 2 aliphatic rings. The molecule has 5 nitrogen and oxygen atoms in total. The van der Waals surface area contributed by atoms with E-state index in [1.54, 1.807) is 18.4 Å². The normalized spacial score (nSPS) is 19.7. The Morgan fingerprint density at radius 1 is 1.20 bits per heavy atom. The molecule has 7 heteroatoms. The number of nitrogens with two attached hydrogens (primary N) is 1. The number of carbonyl (C=O) groups is 1. The van der Waals surface area contributed by atoms with Gasteiger partial charge in [0.2, 0.25) is 5.91 Å². The van der Waals surface area contributed by atoms with Crippen LogP contribution in [-0.4, -0.2) is 49.0 Å². The Hall–Kier alpha value is -1.60. The van der Waals surface area contributed by atoms with Gasteiger partial charge in [0.05, 0.1) is 7.11 Å². The standard InChI is InChI=1S/C23H31N3O2S.ClH/c1-28-19-6-4-18(5-7-19)16-26-17-23(15-22(26)27)9-12-25(13-10-23)11-8-20(24)21-3-2-14-29-21;/h2-7,14,20H,8-13,15-17,24H2,1H3;1H/t20-;/m0./s1. The fraction of sp³-hybridized carbons (Fsp3) is 0.522. The van der Waals surface area contributed by atoms with Crippen LogP contribution in [0.2, 0.25) is 0 Å². The van der Waals surface area contributed by atoms with Gasteiger partial charge in [-0.1, -0.05) is 18.2 Å². The predicted molar refractivity (Wildman–Crippen MR) is 124 cm³/mol. The molecule has 2 N–H and O–H groups in total. The Morgan fingerprint density at radius 3 is 2.57 bits per heavy atom. The maximum absolute atomic E-state index is 12.7. The minimum Gasteiger partial charge on any atom is -0.497 e. The molecule has 164 valence electrons. The van der Waals surface area contributed by atoms with Crippen LogP contribution in [0.5, 0.6) is 5.75 Å². The van der Waals surface area contributed by atoms with E-state index in [1.807, 2.05) is 17.0 Å². The smallest absolute Gasteiger partial charge is 0.223 e. The first-order chi connectivity index (χ1) is 14.1. The second-order valence-corrected chi connectivity index (χ2v) is 9.51. The lowest BCUT2D eigenvalue weighted by Crippen LogP contribution is -2.42. The van der Waals surface area contributed by atoms with Crippen LogP contribution in [0.25, 0.3) is 0 Å². The summed E-state index contributed by atoms with van der Waals surface area (Å²) in [5, 5.41) is 2.09. The minimum absolute atomic E-state index is 0. The van der Waals surface area contributed by atoms with Gasteiger partial charge in [-0.25, -0.2) is 0 Å². The molecule has 30 heavy (non-hydrogen) atoms. The number of thiophene rings is 1. The third-order valence-electron chi connectivity index (χ3n) is 6.52. The SMILES string of the molecule is COc1ccc(CN2CC3(CCN(CC[C@H](N)c4cccs4)CC3)CC2=O)cc1.Cl. The molecule has 0 bridgehead atoms. The summed E-state index contributed by atoms with van der Waals surface area (Å²) in [6.45, 7) is 4.77. The lowest BCUT2D eigenvalue weighted by atomic mass is 9.77. The number of piperidine rings is 1. The number of likely N-dealkylation sites (tertiary alicyclic amines) is 2. The first-order valence-electron chi connectivity index (χ1n) is 10.5. The van der Waals surface area contributed by atoms with Crippen molar-refractivity contribution in [1.29, 1.82) is 0 Å². The first-order valence-corrected chi connectivity index (χ1v) is 11.4. The summed E-state index contributed by atoms with van der Waals surface area (Å²) < 4.78 is 5.22. The molecular formula is C23H32ClN3O2S. The molecule has 1 spiro atoms. The van der Waals surface area contributed by atoms with Crippen molar-refractivity contribution in [2.75, 3.05) is 33.3 Å². The summed E-state index contributed by atoms with van der Waals surface area (Å²) in [5.74, 6) is 1.15. The molecule has 0 aliphatic carbocycles. The highest BCUT2D eigenvalue weighted by Gasteiger charge is 2.44. The van der Waals surface area contributed by atoms with Gasteiger partial charge < -0.3 is 20.3 Å². The van der Waals surface area contributed by atoms with Gasteiger partial charge in [0.15, 0.2) is 0 Å². The van der Waals surface area contributed by atoms with Crippen LogP contribution in [0.1, 0.15) is 42.2 Å². The number of halogens is 1. The summed E-state index contributed by atoms with van der Waals surface area (Å²) in [7, 11) is 1.67. The number of amides is 1. The van der Waals surface area contributed by atoms with Crippen molar-refractivity contribution in [2.24, 2.45) is 11.1 Å². The first kappa shape index (κ1) is 23.1. The Labute approximate surface area is 189 Å². The van der Waals surface area contributed by atoms with Crippen LogP contribution in [0.3, 0.4) is 0 Å². The highest BCUT2D eigenvalue weighted by Crippen LogP contribution is 2.41. The van der Waals surface area contributed by atoms with E-state index >= 15 is 0 Å². The molecule has 2 fully saturated rings. The zero-order valence-corrected chi connectivity index (χ0v) is 19.2. The van der Waals surface area contributed by atoms with Gasteiger partial charge >= 0.3 is 0 Å². The monoisotopic (exact) mass is 449 g/mol. The van der Waals surface area contributed by atoms with Crippen molar-refractivity contribution in [2.45, 2.75) is 38.3 Å². The third-order valence-corrected chi connectivity index (χ3v) is 7.52. The van der Waals surface area contributed by atoms with Crippen molar-refractivity contribution in [3.05, 3.63) is 52.2 Å². The molecule has 2 aromatic rings. The van der Waals surface area contributed by atoms with E-state index in [0.29, 0.717) is 18.9 Å². The maximum atomic E-state index is 12.7. The molecule has 3 heterocycles. The topological polar surface area (TPSA) is 58.8 Å². The Morgan fingerprint density at radius 2 is 1.93 bits per heavy atom. The second-order valence-electron chi connectivity index (χ2n) is 8.53. The number of carbonyl (C=O) groups excluding carboxylic acids is 1. The van der Waals surface area contributed by atoms with Crippen molar-refractivity contribution >= 4 is 29.7 Å². The molecule has 1 amide bonds. The van der Waals surface area contributed by atoms with Crippen LogP contribution < -0.4 is 10.5 Å². The number of hydrogen-bond donors (Lipinski definition) is 1. The molecular weight excluding hydrogens is 418 g/mol. The van der Waals surface area contributed by atoms with E-state index in [-0.39, 0.29) is 23.9 Å². The highest BCUT2D eigenvalue weighted by atomic mass is 35.5. The number of methoxy groups -OCH3 is 1. The zero-order chi connectivity index (χ0) is 20.3. The molecule has 1 atom stereocenters. The van der Waals surface area contributed by atoms with Crippen LogP contribution in [0, 0.1) is 5.41 Å². The lowest BCUT2D eigenvalue weighted by molar-refractivity contribution is -0.128. The van der Waals surface area contributed by atoms with Gasteiger partial charge in [0.25, 0.3) is 0 Å². The van der Waals surface area contributed by atoms with Gasteiger partial charge in [-0.15, -0.1) is 23.7 Å². The lowest BCUT2D eigenvalue weighted by Gasteiger charge is -2.39. The number of benzene rings is 1. The fourth-order valence-electron chi connectivity index (χ4n) is 4.63. The average Bonchev–Trinajstić information content (AvgIpc) is 3.37. The van der Waals surface area contributed by atoms with E-state index in [9.17, 15) is 4.79 Å². The number of hydrogen-bond acceptors (Lipinski definition) is 5. The Bertz CT molecular complexity index is 804. The fourth-order valence-corrected chi connectivity index (χ4v) is 5.39. The summed E-state index contributed by atoms with van der Waals surface area (Å²) in [4.78, 5) is 18.5. The third kappa shape index (κ3) is 5.35. The quantitative estimate of drug-likeness (QED) is 0.691. The van der Waals surface area contributed by atoms with Gasteiger partial charge in [-0.05, 0) is 73.5 Å². The van der Waals surface area contributed by atoms with E-state index in [1.165, 1.54) is 4.88 Å². The largest absolute Gasteiger partial charge is 0.497 e. The van der Waals surface area contributed by atoms with E-state index in [4.69, 9.17) is 10.5 Å². The van der Waals surface area contributed by atoms with Crippen LogP contribution in [0.4, 0.5) is 0 Å². The van der Waals surface area contributed by atoms with Crippen LogP contribution >= 0.6 is 23.7 Å². The molecule has 1 aromatic heterocycles. The summed E-state index contributed by atoms with van der Waals surface area (Å²) >= 11 is 1.74. The number of nitrogens with zero attached hydrogens (tertiary/aromatic N) is 2.